The summed E-state index contributed by atoms with van der Waals surface area (Å²) < 4.78 is 11.1. The van der Waals surface area contributed by atoms with Gasteiger partial charge in [0, 0.05) is 12.2 Å². The number of benzene rings is 2. The maximum Gasteiger partial charge on any atom is 0.336 e. The van der Waals surface area contributed by atoms with Crippen LogP contribution in [0.3, 0.4) is 0 Å². The first-order valence-electron chi connectivity index (χ1n) is 14.9. The van der Waals surface area contributed by atoms with Gasteiger partial charge in [0.05, 0.1) is 0 Å². The minimum atomic E-state index is -0.578. The molecule has 0 bridgehead atoms. The Labute approximate surface area is 230 Å². The fourth-order valence-electron chi connectivity index (χ4n) is 4.59. The predicted molar refractivity (Wildman–Crippen MR) is 157 cm³/mol. The van der Waals surface area contributed by atoms with Crippen LogP contribution in [0.15, 0.2) is 60.7 Å². The van der Waals surface area contributed by atoms with Gasteiger partial charge in [0.2, 0.25) is 0 Å². The smallest absolute Gasteiger partial charge is 0.336 e. The van der Waals surface area contributed by atoms with Gasteiger partial charge in [-0.3, -0.25) is 0 Å². The van der Waals surface area contributed by atoms with Crippen LogP contribution in [0.1, 0.15) is 115 Å². The molecule has 208 valence electrons. The van der Waals surface area contributed by atoms with Crippen LogP contribution in [-0.4, -0.2) is 11.9 Å². The molecular formula is C34H48O4. The summed E-state index contributed by atoms with van der Waals surface area (Å²) in [6.07, 6.45) is 21.4. The van der Waals surface area contributed by atoms with Crippen LogP contribution in [0.4, 0.5) is 0 Å². The Bertz CT molecular complexity index is 885. The Morgan fingerprint density at radius 2 is 0.868 bits per heavy atom. The molecule has 2 aromatic rings. The van der Waals surface area contributed by atoms with Gasteiger partial charge in [-0.1, -0.05) is 127 Å². The zero-order valence-corrected chi connectivity index (χ0v) is 23.7. The molecule has 0 fully saturated rings. The van der Waals surface area contributed by atoms with E-state index >= 15 is 0 Å². The molecule has 0 N–H and O–H groups in total. The Balaban J connectivity index is 1.78. The molecule has 0 aliphatic rings. The van der Waals surface area contributed by atoms with Crippen molar-refractivity contribution in [3.05, 3.63) is 71.8 Å². The van der Waals surface area contributed by atoms with E-state index in [-0.39, 0.29) is 0 Å². The van der Waals surface area contributed by atoms with Crippen molar-refractivity contribution < 1.29 is 19.1 Å². The SMILES string of the molecule is CCCCCCCCCc1ccccc1OC(=O)C=CC(=O)Oc1ccccc1CCCCCCCCC. The third-order valence-electron chi connectivity index (χ3n) is 6.82. The summed E-state index contributed by atoms with van der Waals surface area (Å²) in [5.74, 6) is -0.0428. The molecule has 0 heterocycles. The number of aryl methyl sites for hydroxylation is 2. The monoisotopic (exact) mass is 520 g/mol. The maximum atomic E-state index is 12.4. The molecule has 38 heavy (non-hydrogen) atoms. The Morgan fingerprint density at radius 1 is 0.526 bits per heavy atom. The van der Waals surface area contributed by atoms with E-state index in [1.54, 1.807) is 12.1 Å². The molecule has 0 saturated heterocycles. The summed E-state index contributed by atoms with van der Waals surface area (Å²) in [6, 6.07) is 15.3. The normalized spacial score (nSPS) is 11.1. The zero-order chi connectivity index (χ0) is 27.3. The fraction of sp³-hybridized carbons (Fsp3) is 0.529. The van der Waals surface area contributed by atoms with Gasteiger partial charge >= 0.3 is 11.9 Å². The molecule has 0 amide bonds. The molecule has 0 aromatic heterocycles. The number of para-hydroxylation sites is 2. The van der Waals surface area contributed by atoms with Crippen LogP contribution in [-0.2, 0) is 22.4 Å². The standard InChI is InChI=1S/C34H48O4/c1-3-5-7-9-11-13-15-21-29-23-17-19-25-31(29)37-33(35)27-28-34(36)38-32-26-20-18-24-30(32)22-16-14-12-10-8-6-4-2/h17-20,23-28H,3-16,21-22H2,1-2H3. The van der Waals surface area contributed by atoms with Crippen molar-refractivity contribution in [3.8, 4) is 11.5 Å². The van der Waals surface area contributed by atoms with Crippen molar-refractivity contribution in [2.75, 3.05) is 0 Å². The summed E-state index contributed by atoms with van der Waals surface area (Å²) in [7, 11) is 0. The molecule has 4 heteroatoms. The summed E-state index contributed by atoms with van der Waals surface area (Å²) >= 11 is 0. The van der Waals surface area contributed by atoms with Gasteiger partial charge in [0.1, 0.15) is 11.5 Å². The van der Waals surface area contributed by atoms with Crippen molar-refractivity contribution >= 4 is 11.9 Å². The zero-order valence-electron chi connectivity index (χ0n) is 23.7. The highest BCUT2D eigenvalue weighted by molar-refractivity contribution is 5.93. The molecule has 2 aromatic carbocycles. The van der Waals surface area contributed by atoms with E-state index in [1.165, 1.54) is 77.0 Å². The van der Waals surface area contributed by atoms with E-state index in [4.69, 9.17) is 9.47 Å². The average molecular weight is 521 g/mol. The minimum absolute atomic E-state index is 0.557. The number of esters is 2. The number of rotatable bonds is 20. The summed E-state index contributed by atoms with van der Waals surface area (Å²) in [6.45, 7) is 4.46. The lowest BCUT2D eigenvalue weighted by atomic mass is 10.0. The van der Waals surface area contributed by atoms with Gasteiger partial charge in [-0.2, -0.15) is 0 Å². The van der Waals surface area contributed by atoms with Gasteiger partial charge in [0.25, 0.3) is 0 Å². The van der Waals surface area contributed by atoms with E-state index in [1.807, 2.05) is 36.4 Å². The molecular weight excluding hydrogens is 472 g/mol. The minimum Gasteiger partial charge on any atom is -0.423 e. The lowest BCUT2D eigenvalue weighted by molar-refractivity contribution is -0.131. The van der Waals surface area contributed by atoms with Crippen LogP contribution in [0.25, 0.3) is 0 Å². The third-order valence-corrected chi connectivity index (χ3v) is 6.82. The van der Waals surface area contributed by atoms with Crippen LogP contribution < -0.4 is 9.47 Å². The average Bonchev–Trinajstić information content (AvgIpc) is 2.92. The highest BCUT2D eigenvalue weighted by Crippen LogP contribution is 2.23. The third kappa shape index (κ3) is 13.6. The Kier molecular flexibility index (Phi) is 16.6. The Morgan fingerprint density at radius 3 is 1.26 bits per heavy atom. The van der Waals surface area contributed by atoms with Crippen molar-refractivity contribution in [2.45, 2.75) is 117 Å². The topological polar surface area (TPSA) is 52.6 Å². The first kappa shape index (κ1) is 31.3. The predicted octanol–water partition coefficient (Wildman–Crippen LogP) is 9.34. The van der Waals surface area contributed by atoms with Gasteiger partial charge in [-0.05, 0) is 48.9 Å². The van der Waals surface area contributed by atoms with Crippen LogP contribution in [0.5, 0.6) is 11.5 Å². The maximum absolute atomic E-state index is 12.4. The second kappa shape index (κ2) is 20.1. The van der Waals surface area contributed by atoms with Crippen LogP contribution in [0, 0.1) is 0 Å². The van der Waals surface area contributed by atoms with Gasteiger partial charge in [-0.15, -0.1) is 0 Å². The molecule has 0 unspecified atom stereocenters. The summed E-state index contributed by atoms with van der Waals surface area (Å²) in [4.78, 5) is 24.8. The first-order valence-corrected chi connectivity index (χ1v) is 14.9. The summed E-state index contributed by atoms with van der Waals surface area (Å²) in [5.41, 5.74) is 2.04. The molecule has 0 saturated carbocycles. The van der Waals surface area contributed by atoms with Gasteiger partial charge in [0.15, 0.2) is 0 Å². The molecule has 0 aliphatic heterocycles. The second-order valence-corrected chi connectivity index (χ2v) is 10.1. The number of ether oxygens (including phenoxy) is 2. The lowest BCUT2D eigenvalue weighted by Gasteiger charge is -2.09. The van der Waals surface area contributed by atoms with E-state index in [0.717, 1.165) is 49.0 Å². The number of carbonyl (C=O) groups is 2. The Hall–Kier alpha value is -2.88. The largest absolute Gasteiger partial charge is 0.423 e. The van der Waals surface area contributed by atoms with Crippen molar-refractivity contribution in [3.63, 3.8) is 0 Å². The highest BCUT2D eigenvalue weighted by Gasteiger charge is 2.10. The lowest BCUT2D eigenvalue weighted by Crippen LogP contribution is -2.10. The quantitative estimate of drug-likeness (QED) is 0.0755. The van der Waals surface area contributed by atoms with Crippen LogP contribution >= 0.6 is 0 Å². The van der Waals surface area contributed by atoms with E-state index in [2.05, 4.69) is 13.8 Å². The van der Waals surface area contributed by atoms with Gasteiger partial charge in [-0.25, -0.2) is 9.59 Å². The molecule has 0 radical (unpaired) electrons. The molecule has 4 nitrogen and oxygen atoms in total. The molecule has 0 atom stereocenters. The summed E-state index contributed by atoms with van der Waals surface area (Å²) in [5, 5.41) is 0. The van der Waals surface area contributed by atoms with Crippen molar-refractivity contribution in [2.24, 2.45) is 0 Å². The van der Waals surface area contributed by atoms with E-state index in [9.17, 15) is 9.59 Å². The second-order valence-electron chi connectivity index (χ2n) is 10.1. The van der Waals surface area contributed by atoms with E-state index < -0.39 is 11.9 Å². The van der Waals surface area contributed by atoms with Gasteiger partial charge < -0.3 is 9.47 Å². The highest BCUT2D eigenvalue weighted by atomic mass is 16.5. The van der Waals surface area contributed by atoms with Crippen LogP contribution in [0.2, 0.25) is 0 Å². The number of carbonyl (C=O) groups excluding carboxylic acids is 2. The first-order chi connectivity index (χ1) is 18.6. The van der Waals surface area contributed by atoms with Crippen molar-refractivity contribution in [1.82, 2.24) is 0 Å². The fourth-order valence-corrected chi connectivity index (χ4v) is 4.59. The van der Waals surface area contributed by atoms with Crippen molar-refractivity contribution in [1.29, 1.82) is 0 Å². The number of hydrogen-bond donors (Lipinski definition) is 0. The van der Waals surface area contributed by atoms with E-state index in [0.29, 0.717) is 11.5 Å². The number of unbranched alkanes of at least 4 members (excludes halogenated alkanes) is 12. The number of hydrogen-bond acceptors (Lipinski definition) is 4. The molecule has 0 spiro atoms. The molecule has 2 rings (SSSR count). The molecule has 0 aliphatic carbocycles.